The van der Waals surface area contributed by atoms with Gasteiger partial charge in [0.25, 0.3) is 10.0 Å². The van der Waals surface area contributed by atoms with E-state index in [0.29, 0.717) is 32.4 Å². The number of aromatic nitrogens is 2. The number of aryl methyl sites for hydroxylation is 1. The fourth-order valence-electron chi connectivity index (χ4n) is 4.50. The molecule has 1 aromatic heterocycles. The van der Waals surface area contributed by atoms with Gasteiger partial charge >= 0.3 is 6.03 Å². The molecular formula is C27H32N6O5S. The van der Waals surface area contributed by atoms with Crippen LogP contribution >= 0.6 is 0 Å². The predicted molar refractivity (Wildman–Crippen MR) is 144 cm³/mol. The molecule has 1 aliphatic heterocycles. The third-order valence-corrected chi connectivity index (χ3v) is 7.88. The first-order valence-electron chi connectivity index (χ1n) is 12.7. The number of imidazole rings is 1. The lowest BCUT2D eigenvalue weighted by molar-refractivity contribution is -0.139. The van der Waals surface area contributed by atoms with Gasteiger partial charge in [-0.05, 0) is 37.5 Å². The molecule has 4 rings (SSSR count). The van der Waals surface area contributed by atoms with Gasteiger partial charge in [0, 0.05) is 37.8 Å². The summed E-state index contributed by atoms with van der Waals surface area (Å²) in [5.74, 6) is -0.724. The summed E-state index contributed by atoms with van der Waals surface area (Å²) in [5.41, 5.74) is 2.53. The van der Waals surface area contributed by atoms with Gasteiger partial charge in [0.05, 0.1) is 11.2 Å². The zero-order valence-electron chi connectivity index (χ0n) is 21.6. The van der Waals surface area contributed by atoms with Gasteiger partial charge < -0.3 is 20.5 Å². The molecule has 3 aromatic rings. The van der Waals surface area contributed by atoms with Crippen LogP contribution in [-0.2, 0) is 32.5 Å². The maximum atomic E-state index is 13.7. The number of amides is 4. The van der Waals surface area contributed by atoms with Crippen LogP contribution in [0.5, 0.6) is 0 Å². The number of hydrogen-bond donors (Lipinski definition) is 4. The standard InChI is InChI=1S/C27H32N6O5S/c1-19-9-11-22(12-10-19)39(37,38)32-27(36)31-23(16-20-6-3-2-4-7-20)26(35)33-15-5-8-24(33)25(34)29-14-13-21-17-28-18-30-21/h2-4,6-7,9-12,17-18,23-24H,5,8,13-16H2,1H3,(H,28,30)(H,29,34)(H2,31,32,36)/t23-,24-/m0/s1. The largest absolute Gasteiger partial charge is 0.354 e. The van der Waals surface area contributed by atoms with E-state index in [2.05, 4.69) is 20.6 Å². The van der Waals surface area contributed by atoms with Crippen LogP contribution in [0.1, 0.15) is 29.7 Å². The van der Waals surface area contributed by atoms with Crippen LogP contribution in [0.4, 0.5) is 4.79 Å². The molecule has 0 aliphatic carbocycles. The first kappa shape index (κ1) is 27.8. The van der Waals surface area contributed by atoms with E-state index in [4.69, 9.17) is 0 Å². The van der Waals surface area contributed by atoms with Gasteiger partial charge in [0.1, 0.15) is 12.1 Å². The molecule has 2 atom stereocenters. The number of rotatable bonds is 10. The highest BCUT2D eigenvalue weighted by Crippen LogP contribution is 2.20. The minimum Gasteiger partial charge on any atom is -0.354 e. The second-order valence-corrected chi connectivity index (χ2v) is 11.1. The van der Waals surface area contributed by atoms with E-state index < -0.39 is 34.0 Å². The molecule has 2 heterocycles. The summed E-state index contributed by atoms with van der Waals surface area (Å²) >= 11 is 0. The molecule has 2 aromatic carbocycles. The number of carbonyl (C=O) groups excluding carboxylic acids is 3. The van der Waals surface area contributed by atoms with Crippen LogP contribution in [0.15, 0.2) is 72.0 Å². The Labute approximate surface area is 227 Å². The highest BCUT2D eigenvalue weighted by molar-refractivity contribution is 7.90. The van der Waals surface area contributed by atoms with Crippen LogP contribution < -0.4 is 15.4 Å². The number of carbonyl (C=O) groups is 3. The number of benzene rings is 2. The third-order valence-electron chi connectivity index (χ3n) is 6.53. The fourth-order valence-corrected chi connectivity index (χ4v) is 5.41. The Morgan fingerprint density at radius 2 is 1.85 bits per heavy atom. The predicted octanol–water partition coefficient (Wildman–Crippen LogP) is 1.67. The van der Waals surface area contributed by atoms with Crippen LogP contribution in [-0.4, -0.2) is 66.3 Å². The Kier molecular flexibility index (Phi) is 8.97. The molecule has 1 fully saturated rings. The maximum Gasteiger partial charge on any atom is 0.329 e. The molecule has 0 radical (unpaired) electrons. The number of aromatic amines is 1. The Morgan fingerprint density at radius 3 is 2.54 bits per heavy atom. The number of urea groups is 1. The summed E-state index contributed by atoms with van der Waals surface area (Å²) in [7, 11) is -4.15. The van der Waals surface area contributed by atoms with Gasteiger partial charge in [-0.2, -0.15) is 0 Å². The number of sulfonamides is 1. The first-order chi connectivity index (χ1) is 18.7. The maximum absolute atomic E-state index is 13.7. The highest BCUT2D eigenvalue weighted by Gasteiger charge is 2.38. The molecule has 1 aliphatic rings. The smallest absolute Gasteiger partial charge is 0.329 e. The number of likely N-dealkylation sites (tertiary alicyclic amines) is 1. The molecule has 0 spiro atoms. The topological polar surface area (TPSA) is 153 Å². The van der Waals surface area contributed by atoms with Crippen molar-refractivity contribution in [2.75, 3.05) is 13.1 Å². The molecule has 1 saturated heterocycles. The van der Waals surface area contributed by atoms with Gasteiger partial charge in [-0.1, -0.05) is 48.0 Å². The molecule has 12 heteroatoms. The monoisotopic (exact) mass is 552 g/mol. The number of H-pyrrole nitrogens is 1. The Balaban J connectivity index is 1.45. The SMILES string of the molecule is Cc1ccc(S(=O)(=O)NC(=O)N[C@@H](Cc2ccccc2)C(=O)N2CCC[C@H]2C(=O)NCCc2cnc[nH]2)cc1. The fraction of sp³-hybridized carbons (Fsp3) is 0.333. The second-order valence-electron chi connectivity index (χ2n) is 9.44. The quantitative estimate of drug-likeness (QED) is 0.300. The Hall–Kier alpha value is -4.19. The summed E-state index contributed by atoms with van der Waals surface area (Å²) in [5, 5.41) is 5.41. The van der Waals surface area contributed by atoms with Crippen molar-refractivity contribution in [2.45, 2.75) is 49.6 Å². The molecule has 0 unspecified atom stereocenters. The van der Waals surface area contributed by atoms with Crippen molar-refractivity contribution >= 4 is 27.9 Å². The molecule has 206 valence electrons. The lowest BCUT2D eigenvalue weighted by atomic mass is 10.0. The van der Waals surface area contributed by atoms with Gasteiger partial charge in [0.15, 0.2) is 0 Å². The zero-order chi connectivity index (χ0) is 27.8. The van der Waals surface area contributed by atoms with Crippen LogP contribution in [0, 0.1) is 6.92 Å². The minimum atomic E-state index is -4.15. The summed E-state index contributed by atoms with van der Waals surface area (Å²) in [4.78, 5) is 47.8. The van der Waals surface area contributed by atoms with Crippen molar-refractivity contribution in [2.24, 2.45) is 0 Å². The molecule has 0 saturated carbocycles. The van der Waals surface area contributed by atoms with E-state index in [-0.39, 0.29) is 17.2 Å². The highest BCUT2D eigenvalue weighted by atomic mass is 32.2. The molecule has 11 nitrogen and oxygen atoms in total. The van der Waals surface area contributed by atoms with Gasteiger partial charge in [0.2, 0.25) is 11.8 Å². The lowest BCUT2D eigenvalue weighted by Gasteiger charge is -2.29. The van der Waals surface area contributed by atoms with Crippen molar-refractivity contribution in [3.8, 4) is 0 Å². The minimum absolute atomic E-state index is 0.0689. The lowest BCUT2D eigenvalue weighted by Crippen LogP contribution is -2.56. The molecule has 4 N–H and O–H groups in total. The van der Waals surface area contributed by atoms with Crippen molar-refractivity contribution in [3.63, 3.8) is 0 Å². The van der Waals surface area contributed by atoms with E-state index in [1.807, 2.05) is 42.0 Å². The number of hydrogen-bond acceptors (Lipinski definition) is 6. The van der Waals surface area contributed by atoms with E-state index in [1.54, 1.807) is 24.7 Å². The van der Waals surface area contributed by atoms with Crippen molar-refractivity contribution in [3.05, 3.63) is 83.9 Å². The third kappa shape index (κ3) is 7.44. The molecule has 39 heavy (non-hydrogen) atoms. The molecule has 0 bridgehead atoms. The molecular weight excluding hydrogens is 520 g/mol. The summed E-state index contributed by atoms with van der Waals surface area (Å²) < 4.78 is 27.4. The first-order valence-corrected chi connectivity index (χ1v) is 14.2. The summed E-state index contributed by atoms with van der Waals surface area (Å²) in [6.07, 6.45) is 5.07. The van der Waals surface area contributed by atoms with Crippen LogP contribution in [0.2, 0.25) is 0 Å². The number of nitrogens with one attached hydrogen (secondary N) is 4. The van der Waals surface area contributed by atoms with E-state index in [9.17, 15) is 22.8 Å². The van der Waals surface area contributed by atoms with Gasteiger partial charge in [-0.15, -0.1) is 0 Å². The van der Waals surface area contributed by atoms with Crippen molar-refractivity contribution in [1.82, 2.24) is 30.2 Å². The van der Waals surface area contributed by atoms with E-state index >= 15 is 0 Å². The average Bonchev–Trinajstić information content (AvgIpc) is 3.61. The van der Waals surface area contributed by atoms with Crippen LogP contribution in [0.3, 0.4) is 0 Å². The van der Waals surface area contributed by atoms with Crippen molar-refractivity contribution < 1.29 is 22.8 Å². The number of nitrogens with zero attached hydrogens (tertiary/aromatic N) is 2. The van der Waals surface area contributed by atoms with E-state index in [1.165, 1.54) is 17.0 Å². The second kappa shape index (κ2) is 12.6. The average molecular weight is 553 g/mol. The molecule has 4 amide bonds. The Bertz CT molecular complexity index is 1380. The van der Waals surface area contributed by atoms with Crippen LogP contribution in [0.25, 0.3) is 0 Å². The van der Waals surface area contributed by atoms with Gasteiger partial charge in [-0.3, -0.25) is 9.59 Å². The van der Waals surface area contributed by atoms with Crippen molar-refractivity contribution in [1.29, 1.82) is 0 Å². The Morgan fingerprint density at radius 1 is 1.10 bits per heavy atom. The summed E-state index contributed by atoms with van der Waals surface area (Å²) in [6, 6.07) is 12.3. The normalized spacial score (nSPS) is 15.9. The van der Waals surface area contributed by atoms with Gasteiger partial charge in [-0.25, -0.2) is 22.9 Å². The summed E-state index contributed by atoms with van der Waals surface area (Å²) in [6.45, 7) is 2.56. The van der Waals surface area contributed by atoms with E-state index in [0.717, 1.165) is 16.8 Å². The zero-order valence-corrected chi connectivity index (χ0v) is 22.4.